The van der Waals surface area contributed by atoms with Crippen LogP contribution in [0.1, 0.15) is 95.8 Å². The van der Waals surface area contributed by atoms with Gasteiger partial charge in [-0.3, -0.25) is 18.0 Å². The Morgan fingerprint density at radius 2 is 0.576 bits per heavy atom. The van der Waals surface area contributed by atoms with Crippen LogP contribution in [-0.2, 0) is 50.3 Å². The minimum absolute atomic E-state index is 0. The van der Waals surface area contributed by atoms with Crippen molar-refractivity contribution in [3.63, 3.8) is 0 Å². The molecule has 0 aliphatic carbocycles. The fraction of sp³-hybridized carbons (Fsp3) is 0.318. The number of carbonyl (C=O) groups is 2. The van der Waals surface area contributed by atoms with E-state index in [1.165, 1.54) is 72.2 Å². The third-order valence-electron chi connectivity index (χ3n) is 13.3. The molecule has 0 saturated heterocycles. The Kier molecular flexibility index (Phi) is 33.2. The zero-order valence-corrected chi connectivity index (χ0v) is 52.4. The molecule has 0 radical (unpaired) electrons. The summed E-state index contributed by atoms with van der Waals surface area (Å²) in [6.45, 7) is 4.21. The van der Waals surface area contributed by atoms with Gasteiger partial charge in [-0.15, -0.1) is 0 Å². The number of rotatable bonds is 26. The summed E-state index contributed by atoms with van der Waals surface area (Å²) < 4.78 is 68.1. The fourth-order valence-corrected chi connectivity index (χ4v) is 8.03. The van der Waals surface area contributed by atoms with Gasteiger partial charge in [0.1, 0.15) is 33.7 Å². The Balaban J connectivity index is 0.000000464. The van der Waals surface area contributed by atoms with Gasteiger partial charge >= 0.3 is 0 Å². The lowest BCUT2D eigenvalue weighted by atomic mass is 10.1. The van der Waals surface area contributed by atoms with Gasteiger partial charge in [-0.05, 0) is 121 Å². The average molecular weight is 1200 g/mol. The van der Waals surface area contributed by atoms with E-state index in [1.807, 2.05) is 114 Å². The molecule has 0 saturated carbocycles. The van der Waals surface area contributed by atoms with Gasteiger partial charge in [0.05, 0.1) is 14.2 Å². The van der Waals surface area contributed by atoms with Crippen LogP contribution in [0.5, 0.6) is 0 Å². The zero-order valence-electron chi connectivity index (χ0n) is 50.7. The first-order valence-corrected chi connectivity index (χ1v) is 30.6. The third-order valence-corrected chi connectivity index (χ3v) is 14.1. The minimum atomic E-state index is -4.41. The van der Waals surface area contributed by atoms with Gasteiger partial charge in [-0.1, -0.05) is 80.3 Å². The van der Waals surface area contributed by atoms with Gasteiger partial charge in [0.15, 0.2) is 37.2 Å². The van der Waals surface area contributed by atoms with Crippen molar-refractivity contribution < 1.29 is 59.0 Å². The van der Waals surface area contributed by atoms with Crippen molar-refractivity contribution in [2.75, 3.05) is 88.2 Å². The van der Waals surface area contributed by atoms with Crippen molar-refractivity contribution in [1.82, 2.24) is 0 Å². The van der Waals surface area contributed by atoms with E-state index >= 15 is 0 Å². The number of aromatic nitrogens is 3. The van der Waals surface area contributed by atoms with Crippen molar-refractivity contribution >= 4 is 80.4 Å². The molecule has 0 fully saturated rings. The van der Waals surface area contributed by atoms with E-state index in [-0.39, 0.29) is 1.43 Å². The maximum atomic E-state index is 10.7. The first kappa shape index (κ1) is 71.4. The number of hydrogen-bond acceptors (Lipinski definition) is 14. The summed E-state index contributed by atoms with van der Waals surface area (Å²) >= 11 is 0. The summed E-state index contributed by atoms with van der Waals surface area (Å²) in [4.78, 5) is 30.6. The Hall–Kier alpha value is -7.91. The number of benzene rings is 4. The lowest BCUT2D eigenvalue weighted by Crippen LogP contribution is -2.25. The molecule has 0 aliphatic heterocycles. The van der Waals surface area contributed by atoms with Crippen LogP contribution < -0.4 is 33.3 Å². The van der Waals surface area contributed by atoms with Crippen LogP contribution in [0.4, 0.5) is 22.7 Å². The lowest BCUT2D eigenvalue weighted by molar-refractivity contribution is -0.671. The molecular weight excluding hydrogens is 1110 g/mol. The van der Waals surface area contributed by atoms with Crippen LogP contribution in [0.15, 0.2) is 177 Å². The smallest absolute Gasteiger partial charge is 0.217 e. The summed E-state index contributed by atoms with van der Waals surface area (Å²) in [7, 11) is 7.44. The van der Waals surface area contributed by atoms with E-state index in [2.05, 4.69) is 178 Å². The lowest BCUT2D eigenvalue weighted by Gasteiger charge is -2.20. The highest BCUT2D eigenvalue weighted by molar-refractivity contribution is 7.81. The van der Waals surface area contributed by atoms with Crippen LogP contribution in [-0.4, -0.2) is 107 Å². The molecule has 0 bridgehead atoms. The number of carbonyl (C=O) groups excluding carboxylic acids is 2. The van der Waals surface area contributed by atoms with Crippen molar-refractivity contribution in [3.05, 3.63) is 210 Å². The van der Waals surface area contributed by atoms with E-state index in [0.717, 1.165) is 77.2 Å². The molecule has 4 aromatic carbocycles. The van der Waals surface area contributed by atoms with Crippen LogP contribution in [0.25, 0.3) is 24.3 Å². The maximum Gasteiger partial charge on any atom is 0.217 e. The predicted molar refractivity (Wildman–Crippen MR) is 343 cm³/mol. The van der Waals surface area contributed by atoms with Crippen LogP contribution in [0.3, 0.4) is 0 Å². The second kappa shape index (κ2) is 39.6. The second-order valence-electron chi connectivity index (χ2n) is 20.1. The molecule has 17 nitrogen and oxygen atoms in total. The van der Waals surface area contributed by atoms with Crippen molar-refractivity contribution in [2.24, 2.45) is 21.1 Å². The summed E-state index contributed by atoms with van der Waals surface area (Å²) in [6.07, 6.45) is 32.4. The van der Waals surface area contributed by atoms with E-state index in [9.17, 15) is 35.5 Å². The molecule has 19 heteroatoms. The molecule has 0 atom stereocenters. The standard InChI is InChI=1S/C36H44N4.C22H28N2O2.C6H8N.2CH4O4S.H2/c1-37-27-21-33(22-28-37)11-9-31-13-17-35(18-14-31)39(3)25-7-5-6-8-26-40(4)36-19-15-32(16-20-36)10-12-34-23-29-38(2)30-24-34;1-23(21-11-7-19(17-25)8-12-21)15-5-3-4-6-16-24(2)22-13-9-20(18-26)10-14-22;1-7-5-3-2-4-6-7;2*1-5-6(2,3)4;/h9-24,27-30H,5-8,25-26H2,1-4H3;7-14,17-18H,3-6,15-16H2,1-2H3;2-6H,1H3;2*1H3,(H,2,3,4);1H/q+2;;+1;;;/p-2/i;;;;;1+1. The number of hydrogen-bond donors (Lipinski definition) is 0. The fourth-order valence-electron chi connectivity index (χ4n) is 8.03. The summed E-state index contributed by atoms with van der Waals surface area (Å²) in [6, 6.07) is 47.6. The van der Waals surface area contributed by atoms with Gasteiger partial charge in [-0.25, -0.2) is 30.5 Å². The number of aryl methyl sites for hydroxylation is 3. The van der Waals surface area contributed by atoms with Crippen LogP contribution >= 0.6 is 0 Å². The van der Waals surface area contributed by atoms with Crippen LogP contribution in [0.2, 0.25) is 0 Å². The van der Waals surface area contributed by atoms with Crippen LogP contribution in [0, 0.1) is 0 Å². The number of unbranched alkanes of at least 4 members (excludes halogenated alkanes) is 6. The number of aldehydes is 2. The summed E-state index contributed by atoms with van der Waals surface area (Å²) in [5.41, 5.74) is 11.2. The Bertz CT molecular complexity index is 3050. The summed E-state index contributed by atoms with van der Waals surface area (Å²) in [5, 5.41) is 0. The average Bonchev–Trinajstić information content (AvgIpc) is 3.72. The Labute approximate surface area is 507 Å². The van der Waals surface area contributed by atoms with E-state index in [1.54, 1.807) is 0 Å². The number of nitrogens with zero attached hydrogens (tertiary/aromatic N) is 7. The molecular formula is C66H88N7O10S2+. The minimum Gasteiger partial charge on any atom is -0.726 e. The Morgan fingerprint density at radius 3 is 0.776 bits per heavy atom. The second-order valence-corrected chi connectivity index (χ2v) is 22.4. The SMILES string of the molecule is CN(CCCCCCN(C)c1ccc(/C=C/c2cc[n+](C)cc2)cc1)c1ccc(/C=C/c2cc[n+](C)cc2)cc1.CN(CCCCCCN(C)c1ccc(C=O)cc1)c1ccc(C=O)cc1.COS(=O)(=O)[O-].COS(=O)(=O)[O-].C[n+]1ccccc1.[2HH]. The highest BCUT2D eigenvalue weighted by Gasteiger charge is 2.06. The highest BCUT2D eigenvalue weighted by atomic mass is 32.3. The molecule has 0 N–H and O–H groups in total. The van der Waals surface area contributed by atoms with Gasteiger partial charge in [0, 0.05) is 126 Å². The normalized spacial score (nSPS) is 10.9. The van der Waals surface area contributed by atoms with E-state index < -0.39 is 20.8 Å². The van der Waals surface area contributed by atoms with Crippen molar-refractivity contribution in [1.29, 1.82) is 0 Å². The molecule has 7 rings (SSSR count). The molecule has 3 heterocycles. The molecule has 458 valence electrons. The van der Waals surface area contributed by atoms with Crippen molar-refractivity contribution in [2.45, 2.75) is 51.4 Å². The largest absolute Gasteiger partial charge is 0.726 e. The first-order valence-electron chi connectivity index (χ1n) is 28.0. The maximum absolute atomic E-state index is 10.7. The molecule has 7 aromatic rings. The Morgan fingerprint density at radius 1 is 0.365 bits per heavy atom. The molecule has 0 unspecified atom stereocenters. The van der Waals surface area contributed by atoms with E-state index in [4.69, 9.17) is 0 Å². The predicted octanol–water partition coefficient (Wildman–Crippen LogP) is 10.2. The van der Waals surface area contributed by atoms with Gasteiger partial charge in [0.25, 0.3) is 0 Å². The van der Waals surface area contributed by atoms with Gasteiger partial charge in [-0.2, -0.15) is 0 Å². The number of anilines is 4. The van der Waals surface area contributed by atoms with Gasteiger partial charge in [0.2, 0.25) is 20.8 Å². The quantitative estimate of drug-likeness (QED) is 0.0164. The monoisotopic (exact) mass is 1200 g/mol. The molecule has 0 spiro atoms. The zero-order chi connectivity index (χ0) is 62.5. The van der Waals surface area contributed by atoms with Crippen molar-refractivity contribution in [3.8, 4) is 0 Å². The molecule has 3 aromatic heterocycles. The topological polar surface area (TPSA) is 192 Å². The summed E-state index contributed by atoms with van der Waals surface area (Å²) in [5.74, 6) is 0. The van der Waals surface area contributed by atoms with Gasteiger partial charge < -0.3 is 28.7 Å². The highest BCUT2D eigenvalue weighted by Crippen LogP contribution is 2.20. The molecule has 0 aliphatic rings. The first-order chi connectivity index (χ1) is 40.6. The number of pyridine rings is 3. The van der Waals surface area contributed by atoms with E-state index in [0.29, 0.717) is 11.1 Å². The molecule has 85 heavy (non-hydrogen) atoms. The third kappa shape index (κ3) is 32.1. The molecule has 0 amide bonds.